The van der Waals surface area contributed by atoms with Gasteiger partial charge in [-0.05, 0) is 30.4 Å². The minimum Gasteiger partial charge on any atom is -0.362 e. The van der Waals surface area contributed by atoms with Crippen molar-refractivity contribution in [2.45, 2.75) is 30.7 Å². The number of rotatable bonds is 6. The van der Waals surface area contributed by atoms with Gasteiger partial charge >= 0.3 is 0 Å². The smallest absolute Gasteiger partial charge is 0.149 e. The highest BCUT2D eigenvalue weighted by molar-refractivity contribution is 7.98. The van der Waals surface area contributed by atoms with Crippen LogP contribution < -0.4 is 5.32 Å². The van der Waals surface area contributed by atoms with E-state index < -0.39 is 0 Å². The van der Waals surface area contributed by atoms with Crippen LogP contribution in [0.5, 0.6) is 0 Å². The van der Waals surface area contributed by atoms with Crippen LogP contribution in [0, 0.1) is 0 Å². The van der Waals surface area contributed by atoms with Crippen molar-refractivity contribution in [3.05, 3.63) is 47.4 Å². The molecule has 1 aromatic carbocycles. The van der Waals surface area contributed by atoms with Crippen molar-refractivity contribution in [1.29, 1.82) is 0 Å². The minimum absolute atomic E-state index is 0.226. The third-order valence-electron chi connectivity index (χ3n) is 3.02. The summed E-state index contributed by atoms with van der Waals surface area (Å²) in [6, 6.07) is 8.85. The zero-order chi connectivity index (χ0) is 14.4. The average molecular weight is 308 g/mol. The van der Waals surface area contributed by atoms with Crippen molar-refractivity contribution in [2.24, 2.45) is 0 Å². The van der Waals surface area contributed by atoms with Gasteiger partial charge in [0.2, 0.25) is 0 Å². The zero-order valence-electron chi connectivity index (χ0n) is 11.6. The number of nitrogens with zero attached hydrogens (tertiary/aromatic N) is 2. The molecule has 0 radical (unpaired) electrons. The summed E-state index contributed by atoms with van der Waals surface area (Å²) in [7, 11) is 0. The Kier molecular flexibility index (Phi) is 5.68. The lowest BCUT2D eigenvalue weighted by molar-refractivity contribution is 0.673. The zero-order valence-corrected chi connectivity index (χ0v) is 13.2. The summed E-state index contributed by atoms with van der Waals surface area (Å²) in [5, 5.41) is 3.82. The SMILES string of the molecule is CCCC(Nc1cncc(Cl)n1)c1ccc(SC)cc1. The van der Waals surface area contributed by atoms with Gasteiger partial charge in [-0.25, -0.2) is 4.98 Å². The average Bonchev–Trinajstić information content (AvgIpc) is 2.47. The fourth-order valence-electron chi connectivity index (χ4n) is 2.04. The maximum absolute atomic E-state index is 5.87. The second-order valence-electron chi connectivity index (χ2n) is 4.49. The number of thioether (sulfide) groups is 1. The van der Waals surface area contributed by atoms with Gasteiger partial charge in [-0.2, -0.15) is 0 Å². The van der Waals surface area contributed by atoms with E-state index in [9.17, 15) is 0 Å². The molecular weight excluding hydrogens is 290 g/mol. The summed E-state index contributed by atoms with van der Waals surface area (Å²) < 4.78 is 0. The lowest BCUT2D eigenvalue weighted by Crippen LogP contribution is -2.11. The van der Waals surface area contributed by atoms with E-state index in [2.05, 4.69) is 52.7 Å². The number of aromatic nitrogens is 2. The molecule has 1 N–H and O–H groups in total. The summed E-state index contributed by atoms with van der Waals surface area (Å²) in [6.07, 6.45) is 7.45. The number of nitrogens with one attached hydrogen (secondary N) is 1. The topological polar surface area (TPSA) is 37.8 Å². The number of benzene rings is 1. The highest BCUT2D eigenvalue weighted by Gasteiger charge is 2.11. The normalized spacial score (nSPS) is 12.2. The molecule has 1 atom stereocenters. The molecule has 0 aliphatic rings. The molecule has 2 aromatic rings. The molecular formula is C15H18ClN3S. The van der Waals surface area contributed by atoms with Crippen molar-refractivity contribution < 1.29 is 0 Å². The first-order valence-corrected chi connectivity index (χ1v) is 8.21. The molecule has 1 aromatic heterocycles. The Bertz CT molecular complexity index is 545. The molecule has 106 valence electrons. The van der Waals surface area contributed by atoms with Gasteiger partial charge in [0.1, 0.15) is 11.0 Å². The third-order valence-corrected chi connectivity index (χ3v) is 3.95. The first-order valence-electron chi connectivity index (χ1n) is 6.61. The van der Waals surface area contributed by atoms with Crippen LogP contribution in [0.25, 0.3) is 0 Å². The van der Waals surface area contributed by atoms with Gasteiger partial charge in [0.05, 0.1) is 18.4 Å². The first kappa shape index (κ1) is 15.1. The minimum atomic E-state index is 0.226. The Morgan fingerprint density at radius 1 is 1.25 bits per heavy atom. The molecule has 0 aliphatic carbocycles. The Balaban J connectivity index is 2.17. The molecule has 0 spiro atoms. The van der Waals surface area contributed by atoms with Crippen LogP contribution >= 0.6 is 23.4 Å². The number of anilines is 1. The van der Waals surface area contributed by atoms with E-state index in [0.717, 1.165) is 12.8 Å². The summed E-state index contributed by atoms with van der Waals surface area (Å²) in [5.41, 5.74) is 1.26. The molecule has 1 unspecified atom stereocenters. The van der Waals surface area contributed by atoms with Gasteiger partial charge in [0.25, 0.3) is 0 Å². The lowest BCUT2D eigenvalue weighted by atomic mass is 10.0. The van der Waals surface area contributed by atoms with E-state index in [-0.39, 0.29) is 6.04 Å². The van der Waals surface area contributed by atoms with Crippen LogP contribution in [0.2, 0.25) is 5.15 Å². The van der Waals surface area contributed by atoms with Crippen LogP contribution in [0.1, 0.15) is 31.4 Å². The van der Waals surface area contributed by atoms with E-state index in [1.807, 2.05) is 0 Å². The molecule has 5 heteroatoms. The van der Waals surface area contributed by atoms with Crippen LogP contribution in [0.4, 0.5) is 5.82 Å². The Labute approximate surface area is 129 Å². The van der Waals surface area contributed by atoms with Crippen molar-refractivity contribution in [3.8, 4) is 0 Å². The van der Waals surface area contributed by atoms with E-state index in [1.165, 1.54) is 16.7 Å². The number of hydrogen-bond donors (Lipinski definition) is 1. The largest absolute Gasteiger partial charge is 0.362 e. The van der Waals surface area contributed by atoms with Gasteiger partial charge in [-0.3, -0.25) is 4.98 Å². The van der Waals surface area contributed by atoms with Gasteiger partial charge in [-0.15, -0.1) is 11.8 Å². The molecule has 2 rings (SSSR count). The molecule has 1 heterocycles. The third kappa shape index (κ3) is 4.12. The second-order valence-corrected chi connectivity index (χ2v) is 5.75. The maximum atomic E-state index is 5.87. The van der Waals surface area contributed by atoms with Gasteiger partial charge in [-0.1, -0.05) is 37.1 Å². The summed E-state index contributed by atoms with van der Waals surface area (Å²) in [6.45, 7) is 2.18. The van der Waals surface area contributed by atoms with Crippen molar-refractivity contribution in [2.75, 3.05) is 11.6 Å². The molecule has 0 saturated heterocycles. The van der Waals surface area contributed by atoms with Gasteiger partial charge < -0.3 is 5.32 Å². The number of halogens is 1. The van der Waals surface area contributed by atoms with Gasteiger partial charge in [0.15, 0.2) is 0 Å². The molecule has 20 heavy (non-hydrogen) atoms. The van der Waals surface area contributed by atoms with Crippen molar-refractivity contribution in [1.82, 2.24) is 9.97 Å². The van der Waals surface area contributed by atoms with Crippen LogP contribution in [-0.4, -0.2) is 16.2 Å². The van der Waals surface area contributed by atoms with Crippen LogP contribution in [-0.2, 0) is 0 Å². The fourth-order valence-corrected chi connectivity index (χ4v) is 2.59. The predicted molar refractivity (Wildman–Crippen MR) is 86.5 cm³/mol. The molecule has 3 nitrogen and oxygen atoms in total. The molecule has 0 fully saturated rings. The van der Waals surface area contributed by atoms with Crippen molar-refractivity contribution in [3.63, 3.8) is 0 Å². The van der Waals surface area contributed by atoms with E-state index in [1.54, 1.807) is 18.0 Å². The van der Waals surface area contributed by atoms with E-state index in [0.29, 0.717) is 11.0 Å². The highest BCUT2D eigenvalue weighted by Crippen LogP contribution is 2.25. The predicted octanol–water partition coefficient (Wildman–Crippen LogP) is 4.81. The Morgan fingerprint density at radius 3 is 2.60 bits per heavy atom. The standard InChI is InChI=1S/C15H18ClN3S/c1-3-4-13(11-5-7-12(20-2)8-6-11)18-15-10-17-9-14(16)19-15/h5-10,13H,3-4H2,1-2H3,(H,18,19). The fraction of sp³-hybridized carbons (Fsp3) is 0.333. The molecule has 0 saturated carbocycles. The highest BCUT2D eigenvalue weighted by atomic mass is 35.5. The monoisotopic (exact) mass is 307 g/mol. The summed E-state index contributed by atoms with van der Waals surface area (Å²) >= 11 is 7.62. The summed E-state index contributed by atoms with van der Waals surface area (Å²) in [5.74, 6) is 0.713. The second kappa shape index (κ2) is 7.50. The molecule has 0 amide bonds. The van der Waals surface area contributed by atoms with Gasteiger partial charge in [0, 0.05) is 4.90 Å². The molecule has 0 aliphatic heterocycles. The quantitative estimate of drug-likeness (QED) is 0.778. The Hall–Kier alpha value is -1.26. The van der Waals surface area contributed by atoms with E-state index >= 15 is 0 Å². The Morgan fingerprint density at radius 2 is 2.00 bits per heavy atom. The van der Waals surface area contributed by atoms with Crippen LogP contribution in [0.15, 0.2) is 41.6 Å². The van der Waals surface area contributed by atoms with Crippen LogP contribution in [0.3, 0.4) is 0 Å². The molecule has 0 bridgehead atoms. The van der Waals surface area contributed by atoms with E-state index in [4.69, 9.17) is 11.6 Å². The first-order chi connectivity index (χ1) is 9.72. The summed E-state index contributed by atoms with van der Waals surface area (Å²) in [4.78, 5) is 9.57. The maximum Gasteiger partial charge on any atom is 0.149 e. The number of hydrogen-bond acceptors (Lipinski definition) is 4. The lowest BCUT2D eigenvalue weighted by Gasteiger charge is -2.19. The van der Waals surface area contributed by atoms with Crippen molar-refractivity contribution >= 4 is 29.2 Å².